The quantitative estimate of drug-likeness (QED) is 0.401. The molecule has 35 heavy (non-hydrogen) atoms. The van der Waals surface area contributed by atoms with E-state index in [4.69, 9.17) is 15.9 Å². The molecular weight excluding hydrogens is 436 g/mol. The van der Waals surface area contributed by atoms with Crippen molar-refractivity contribution >= 4 is 0 Å². The molecule has 0 spiro atoms. The second-order valence-electron chi connectivity index (χ2n) is 10.2. The van der Waals surface area contributed by atoms with Gasteiger partial charge in [0.2, 0.25) is 0 Å². The van der Waals surface area contributed by atoms with Gasteiger partial charge in [0.25, 0.3) is 0 Å². The molecule has 1 aliphatic carbocycles. The van der Waals surface area contributed by atoms with Crippen molar-refractivity contribution in [3.05, 3.63) is 89.0 Å². The predicted molar refractivity (Wildman–Crippen MR) is 141 cm³/mol. The van der Waals surface area contributed by atoms with Crippen LogP contribution < -0.4 is 5.73 Å². The second-order valence-corrected chi connectivity index (χ2v) is 10.2. The van der Waals surface area contributed by atoms with E-state index >= 15 is 0 Å². The first kappa shape index (κ1) is 25.1. The Morgan fingerprint density at radius 1 is 0.914 bits per heavy atom. The van der Waals surface area contributed by atoms with Crippen molar-refractivity contribution in [1.29, 1.82) is 0 Å². The number of nitrogens with zero attached hydrogens (tertiary/aromatic N) is 1. The Hall–Kier alpha value is -3.02. The Bertz CT molecular complexity index is 1130. The van der Waals surface area contributed by atoms with Crippen molar-refractivity contribution in [2.45, 2.75) is 51.0 Å². The molecule has 3 unspecified atom stereocenters. The molecule has 186 valence electrons. The van der Waals surface area contributed by atoms with Crippen LogP contribution in [0.2, 0.25) is 0 Å². The monoisotopic (exact) mass is 474 g/mol. The third kappa shape index (κ3) is 5.47. The van der Waals surface area contributed by atoms with E-state index in [1.807, 2.05) is 12.1 Å². The molecule has 3 aromatic rings. The van der Waals surface area contributed by atoms with Crippen molar-refractivity contribution in [2.24, 2.45) is 11.7 Å². The first-order valence-corrected chi connectivity index (χ1v) is 12.6. The molecule has 1 heterocycles. The third-order valence-corrected chi connectivity index (χ3v) is 8.11. The second kappa shape index (κ2) is 10.7. The summed E-state index contributed by atoms with van der Waals surface area (Å²) in [4.78, 5) is 2.70. The molecule has 3 aromatic carbocycles. The number of fused-ring (bicyclic) bond motifs is 4. The molecule has 5 rings (SSSR count). The van der Waals surface area contributed by atoms with Gasteiger partial charge < -0.3 is 21.1 Å². The zero-order chi connectivity index (χ0) is 25.0. The van der Waals surface area contributed by atoms with Crippen molar-refractivity contribution in [3.63, 3.8) is 0 Å². The van der Waals surface area contributed by atoms with Crippen LogP contribution in [0.3, 0.4) is 0 Å². The van der Waals surface area contributed by atoms with E-state index in [1.54, 1.807) is 6.07 Å². The van der Waals surface area contributed by atoms with E-state index in [-0.39, 0.29) is 16.9 Å². The average Bonchev–Trinajstić information content (AvgIpc) is 2.85. The molecule has 5 N–H and O–H groups in total. The first-order chi connectivity index (χ1) is 16.8. The fourth-order valence-electron chi connectivity index (χ4n) is 5.78. The summed E-state index contributed by atoms with van der Waals surface area (Å²) in [7, 11) is 0. The smallest absolute Gasteiger partial charge is 0.157 e. The molecule has 1 fully saturated rings. The van der Waals surface area contributed by atoms with Gasteiger partial charge in [-0.25, -0.2) is 0 Å². The summed E-state index contributed by atoms with van der Waals surface area (Å²) in [5.41, 5.74) is 10.7. The minimum atomic E-state index is -0.0919. The Balaban J connectivity index is 0.000000221. The minimum absolute atomic E-state index is 0.0871. The molecule has 5 nitrogen and oxygen atoms in total. The van der Waals surface area contributed by atoms with Crippen LogP contribution in [0.1, 0.15) is 42.5 Å². The molecule has 1 saturated heterocycles. The average molecular weight is 475 g/mol. The summed E-state index contributed by atoms with van der Waals surface area (Å²) < 4.78 is 0. The zero-order valence-electron chi connectivity index (χ0n) is 20.8. The van der Waals surface area contributed by atoms with Gasteiger partial charge >= 0.3 is 0 Å². The Morgan fingerprint density at radius 2 is 1.69 bits per heavy atom. The number of likely N-dealkylation sites (tertiary alicyclic amines) is 1. The highest BCUT2D eigenvalue weighted by Gasteiger charge is 2.48. The van der Waals surface area contributed by atoms with Gasteiger partial charge in [-0.2, -0.15) is 0 Å². The van der Waals surface area contributed by atoms with Gasteiger partial charge in [-0.1, -0.05) is 56.3 Å². The first-order valence-electron chi connectivity index (χ1n) is 12.6. The molecule has 2 bridgehead atoms. The summed E-state index contributed by atoms with van der Waals surface area (Å²) >= 11 is 0. The zero-order valence-corrected chi connectivity index (χ0v) is 20.8. The molecule has 0 radical (unpaired) electrons. The van der Waals surface area contributed by atoms with Crippen LogP contribution in [0.15, 0.2) is 66.7 Å². The van der Waals surface area contributed by atoms with E-state index in [1.165, 1.54) is 35.2 Å². The molecular formula is C30H38N2O3. The standard InChI is InChI=1S/C22H27NO.C8H11NO2/c1-16-21-14-18-8-9-19(24)15-20(18)22(16,2)11-13-23(21)12-10-17-6-4-3-5-7-17;9-4-3-6-1-2-7(10)8(11)5-6/h3-9,15-16,21,24H,10-14H2,1-2H3;1-2,5,10-11H,3-4,9H2. The van der Waals surface area contributed by atoms with Crippen LogP contribution in [-0.2, 0) is 24.7 Å². The number of phenolic OH excluding ortho intramolecular Hbond substituents is 3. The van der Waals surface area contributed by atoms with Gasteiger partial charge in [-0.15, -0.1) is 0 Å². The number of hydrogen-bond donors (Lipinski definition) is 4. The van der Waals surface area contributed by atoms with Gasteiger partial charge in [0, 0.05) is 12.6 Å². The van der Waals surface area contributed by atoms with Crippen molar-refractivity contribution in [1.82, 2.24) is 4.90 Å². The van der Waals surface area contributed by atoms with E-state index < -0.39 is 0 Å². The van der Waals surface area contributed by atoms with Gasteiger partial charge in [-0.05, 0) is 96.6 Å². The van der Waals surface area contributed by atoms with Gasteiger partial charge in [0.1, 0.15) is 5.75 Å². The number of piperidine rings is 1. The highest BCUT2D eigenvalue weighted by molar-refractivity contribution is 5.44. The lowest BCUT2D eigenvalue weighted by molar-refractivity contribution is 0.0322. The fourth-order valence-corrected chi connectivity index (χ4v) is 5.78. The third-order valence-electron chi connectivity index (χ3n) is 8.11. The Kier molecular flexibility index (Phi) is 7.68. The largest absolute Gasteiger partial charge is 0.508 e. The molecule has 1 aliphatic heterocycles. The Morgan fingerprint density at radius 3 is 2.40 bits per heavy atom. The SMILES string of the molecule is CC1C2Cc3ccc(O)cc3C1(C)CCN2CCc1ccccc1.NCCc1ccc(O)c(O)c1. The maximum absolute atomic E-state index is 9.94. The molecule has 3 atom stereocenters. The number of phenols is 3. The maximum atomic E-state index is 9.94. The summed E-state index contributed by atoms with van der Waals surface area (Å²) in [5, 5.41) is 27.9. The van der Waals surface area contributed by atoms with Crippen LogP contribution in [0.4, 0.5) is 0 Å². The predicted octanol–water partition coefficient (Wildman–Crippen LogP) is 4.76. The normalized spacial score (nSPS) is 23.2. The minimum Gasteiger partial charge on any atom is -0.508 e. The van der Waals surface area contributed by atoms with Crippen LogP contribution in [0.25, 0.3) is 0 Å². The van der Waals surface area contributed by atoms with E-state index in [2.05, 4.69) is 55.1 Å². The number of benzene rings is 3. The highest BCUT2D eigenvalue weighted by Crippen LogP contribution is 2.49. The number of rotatable bonds is 5. The summed E-state index contributed by atoms with van der Waals surface area (Å²) in [6, 6.07) is 22.2. The lowest BCUT2D eigenvalue weighted by Gasteiger charge is -2.54. The van der Waals surface area contributed by atoms with Gasteiger partial charge in [-0.3, -0.25) is 4.90 Å². The van der Waals surface area contributed by atoms with Crippen LogP contribution in [0, 0.1) is 5.92 Å². The van der Waals surface area contributed by atoms with Crippen LogP contribution >= 0.6 is 0 Å². The molecule has 0 saturated carbocycles. The van der Waals surface area contributed by atoms with E-state index in [0.717, 1.165) is 31.5 Å². The fraction of sp³-hybridized carbons (Fsp3) is 0.400. The topological polar surface area (TPSA) is 90.0 Å². The van der Waals surface area contributed by atoms with Crippen molar-refractivity contribution < 1.29 is 15.3 Å². The number of aromatic hydroxyl groups is 3. The lowest BCUT2D eigenvalue weighted by Crippen LogP contribution is -2.58. The Labute approximate surface area is 208 Å². The molecule has 2 aliphatic rings. The van der Waals surface area contributed by atoms with Gasteiger partial charge in [0.05, 0.1) is 0 Å². The summed E-state index contributed by atoms with van der Waals surface area (Å²) in [6.45, 7) is 7.66. The van der Waals surface area contributed by atoms with Crippen molar-refractivity contribution in [3.8, 4) is 17.2 Å². The van der Waals surface area contributed by atoms with E-state index in [0.29, 0.717) is 30.7 Å². The lowest BCUT2D eigenvalue weighted by atomic mass is 9.59. The van der Waals surface area contributed by atoms with E-state index in [9.17, 15) is 5.11 Å². The summed E-state index contributed by atoms with van der Waals surface area (Å²) in [5.74, 6) is 0.852. The summed E-state index contributed by atoms with van der Waals surface area (Å²) in [6.07, 6.45) is 4.13. The van der Waals surface area contributed by atoms with Crippen LogP contribution in [0.5, 0.6) is 17.2 Å². The van der Waals surface area contributed by atoms with Crippen LogP contribution in [-0.4, -0.2) is 45.9 Å². The number of hydrogen-bond acceptors (Lipinski definition) is 5. The van der Waals surface area contributed by atoms with Gasteiger partial charge in [0.15, 0.2) is 11.5 Å². The molecule has 0 aromatic heterocycles. The number of nitrogens with two attached hydrogens (primary N) is 1. The molecule has 5 heteroatoms. The molecule has 0 amide bonds. The highest BCUT2D eigenvalue weighted by atomic mass is 16.3. The maximum Gasteiger partial charge on any atom is 0.157 e. The van der Waals surface area contributed by atoms with Crippen molar-refractivity contribution in [2.75, 3.05) is 19.6 Å².